The maximum Gasteiger partial charge on any atom is 0.254 e. The zero-order valence-electron chi connectivity index (χ0n) is 9.50. The van der Waals surface area contributed by atoms with E-state index in [1.165, 1.54) is 16.9 Å². The summed E-state index contributed by atoms with van der Waals surface area (Å²) in [4.78, 5) is 3.42. The molecule has 0 fully saturated rings. The fourth-order valence-electron chi connectivity index (χ4n) is 1.98. The number of nitrogens with one attached hydrogen (secondary N) is 1. The van der Waals surface area contributed by atoms with Crippen molar-refractivity contribution in [1.82, 2.24) is 4.98 Å². The summed E-state index contributed by atoms with van der Waals surface area (Å²) in [6, 6.07) is 6.13. The zero-order valence-corrected chi connectivity index (χ0v) is 9.50. The van der Waals surface area contributed by atoms with Crippen LogP contribution < -0.4 is 9.30 Å². The molecule has 0 unspecified atom stereocenters. The van der Waals surface area contributed by atoms with Crippen molar-refractivity contribution in [1.29, 1.82) is 0 Å². The molecule has 0 aliphatic carbocycles. The quantitative estimate of drug-likeness (QED) is 0.763. The molecule has 0 aliphatic rings. The molecule has 0 saturated carbocycles. The van der Waals surface area contributed by atoms with Gasteiger partial charge in [-0.2, -0.15) is 0 Å². The smallest absolute Gasteiger partial charge is 0.254 e. The Morgan fingerprint density at radius 2 is 2.13 bits per heavy atom. The van der Waals surface area contributed by atoms with Crippen LogP contribution in [-0.4, -0.2) is 12.1 Å². The Labute approximate surface area is 89.7 Å². The lowest BCUT2D eigenvalue weighted by Gasteiger charge is -1.98. The van der Waals surface area contributed by atoms with E-state index in [1.54, 1.807) is 7.11 Å². The Morgan fingerprint density at radius 3 is 2.73 bits per heavy atom. The number of H-pyrrole nitrogens is 1. The molecule has 3 heteroatoms. The predicted octanol–water partition coefficient (Wildman–Crippen LogP) is 2.05. The van der Waals surface area contributed by atoms with Crippen LogP contribution in [0.4, 0.5) is 0 Å². The summed E-state index contributed by atoms with van der Waals surface area (Å²) in [5.41, 5.74) is 2.39. The molecule has 0 amide bonds. The summed E-state index contributed by atoms with van der Waals surface area (Å²) in [6.45, 7) is 5.30. The van der Waals surface area contributed by atoms with Crippen LogP contribution in [0, 0.1) is 0 Å². The molecule has 1 N–H and O–H groups in total. The van der Waals surface area contributed by atoms with Gasteiger partial charge >= 0.3 is 0 Å². The molecule has 80 valence electrons. The molecule has 0 atom stereocenters. The number of aromatic amines is 1. The fourth-order valence-corrected chi connectivity index (χ4v) is 1.98. The molecule has 0 bridgehead atoms. The van der Waals surface area contributed by atoms with E-state index in [2.05, 4.69) is 35.5 Å². The molecule has 0 spiro atoms. The lowest BCUT2D eigenvalue weighted by atomic mass is 10.3. The molecule has 2 rings (SSSR count). The first-order valence-corrected chi connectivity index (χ1v) is 5.38. The van der Waals surface area contributed by atoms with Gasteiger partial charge in [-0.1, -0.05) is 6.92 Å². The highest BCUT2D eigenvalue weighted by Crippen LogP contribution is 2.17. The van der Waals surface area contributed by atoms with Crippen molar-refractivity contribution < 1.29 is 9.30 Å². The first kappa shape index (κ1) is 10.0. The van der Waals surface area contributed by atoms with Gasteiger partial charge in [0.2, 0.25) is 0 Å². The van der Waals surface area contributed by atoms with Crippen molar-refractivity contribution in [2.45, 2.75) is 26.8 Å². The number of methoxy groups -OCH3 is 1. The molecule has 2 aromatic rings. The topological polar surface area (TPSA) is 28.9 Å². The van der Waals surface area contributed by atoms with Crippen molar-refractivity contribution in [3.05, 3.63) is 24.0 Å². The van der Waals surface area contributed by atoms with Crippen molar-refractivity contribution in [2.75, 3.05) is 7.11 Å². The lowest BCUT2D eigenvalue weighted by Crippen LogP contribution is -2.35. The number of nitrogens with zero attached hydrogens (tertiary/aromatic N) is 1. The van der Waals surface area contributed by atoms with Gasteiger partial charge in [-0.3, -0.25) is 0 Å². The van der Waals surface area contributed by atoms with Crippen LogP contribution in [-0.2, 0) is 13.0 Å². The molecule has 3 nitrogen and oxygen atoms in total. The van der Waals surface area contributed by atoms with Crippen LogP contribution in [0.3, 0.4) is 0 Å². The second-order valence-electron chi connectivity index (χ2n) is 3.55. The third-order valence-corrected chi connectivity index (χ3v) is 2.75. The van der Waals surface area contributed by atoms with E-state index in [-0.39, 0.29) is 0 Å². The Bertz CT molecular complexity index is 474. The normalized spacial score (nSPS) is 10.9. The summed E-state index contributed by atoms with van der Waals surface area (Å²) in [6.07, 6.45) is 1.02. The van der Waals surface area contributed by atoms with E-state index in [0.717, 1.165) is 18.7 Å². The maximum absolute atomic E-state index is 5.24. The molecule has 0 radical (unpaired) electrons. The first-order valence-electron chi connectivity index (χ1n) is 5.38. The van der Waals surface area contributed by atoms with Crippen LogP contribution in [0.2, 0.25) is 0 Å². The van der Waals surface area contributed by atoms with Gasteiger partial charge in [0, 0.05) is 12.5 Å². The van der Waals surface area contributed by atoms with Crippen molar-refractivity contribution in [3.63, 3.8) is 0 Å². The molecule has 15 heavy (non-hydrogen) atoms. The highest BCUT2D eigenvalue weighted by atomic mass is 16.5. The van der Waals surface area contributed by atoms with Gasteiger partial charge in [0.05, 0.1) is 13.7 Å². The largest absolute Gasteiger partial charge is 0.497 e. The molecular formula is C12H17N2O+. The number of hydrogen-bond acceptors (Lipinski definition) is 1. The molecule has 1 aromatic heterocycles. The number of aryl methyl sites for hydroxylation is 2. The number of aromatic nitrogens is 2. The van der Waals surface area contributed by atoms with Crippen molar-refractivity contribution >= 4 is 11.0 Å². The van der Waals surface area contributed by atoms with E-state index < -0.39 is 0 Å². The summed E-state index contributed by atoms with van der Waals surface area (Å²) >= 11 is 0. The number of hydrogen-bond donors (Lipinski definition) is 1. The minimum atomic E-state index is 0.909. The van der Waals surface area contributed by atoms with Gasteiger partial charge in [-0.25, -0.2) is 9.55 Å². The minimum Gasteiger partial charge on any atom is -0.497 e. The summed E-state index contributed by atoms with van der Waals surface area (Å²) in [5, 5.41) is 0. The monoisotopic (exact) mass is 205 g/mol. The van der Waals surface area contributed by atoms with Gasteiger partial charge in [0.1, 0.15) is 5.75 Å². The number of fused-ring (bicyclic) bond motifs is 1. The third kappa shape index (κ3) is 1.58. The zero-order chi connectivity index (χ0) is 10.8. The second-order valence-corrected chi connectivity index (χ2v) is 3.55. The number of rotatable bonds is 3. The Kier molecular flexibility index (Phi) is 2.62. The Balaban J connectivity index is 2.67. The highest BCUT2D eigenvalue weighted by molar-refractivity contribution is 5.73. The van der Waals surface area contributed by atoms with Gasteiger partial charge < -0.3 is 4.74 Å². The summed E-state index contributed by atoms with van der Waals surface area (Å²) in [5.74, 6) is 2.17. The molecule has 0 saturated heterocycles. The fraction of sp³-hybridized carbons (Fsp3) is 0.417. The summed E-state index contributed by atoms with van der Waals surface area (Å²) < 4.78 is 7.53. The van der Waals surface area contributed by atoms with Gasteiger partial charge in [-0.05, 0) is 19.1 Å². The molecule has 1 aromatic carbocycles. The SMILES string of the molecule is CCc1[nH]c2ccc(OC)cc2[n+]1CC. The van der Waals surface area contributed by atoms with Crippen LogP contribution in [0.15, 0.2) is 18.2 Å². The van der Waals surface area contributed by atoms with Crippen molar-refractivity contribution in [3.8, 4) is 5.75 Å². The maximum atomic E-state index is 5.24. The second kappa shape index (κ2) is 3.93. The van der Waals surface area contributed by atoms with E-state index in [1.807, 2.05) is 6.07 Å². The van der Waals surface area contributed by atoms with E-state index >= 15 is 0 Å². The highest BCUT2D eigenvalue weighted by Gasteiger charge is 2.15. The molecule has 0 aliphatic heterocycles. The average molecular weight is 205 g/mol. The van der Waals surface area contributed by atoms with E-state index in [9.17, 15) is 0 Å². The van der Waals surface area contributed by atoms with Crippen LogP contribution in [0.25, 0.3) is 11.0 Å². The standard InChI is InChI=1S/C12H16N2O/c1-4-12-13-10-7-6-9(15-3)8-11(10)14(12)5-2/h6-8H,4-5H2,1-3H3/p+1. The average Bonchev–Trinajstić information content (AvgIpc) is 2.65. The number of imidazole rings is 1. The Morgan fingerprint density at radius 1 is 1.33 bits per heavy atom. The van der Waals surface area contributed by atoms with E-state index in [0.29, 0.717) is 0 Å². The molecular weight excluding hydrogens is 188 g/mol. The van der Waals surface area contributed by atoms with Crippen LogP contribution >= 0.6 is 0 Å². The van der Waals surface area contributed by atoms with Crippen LogP contribution in [0.5, 0.6) is 5.75 Å². The van der Waals surface area contributed by atoms with Gasteiger partial charge in [0.15, 0.2) is 11.0 Å². The molecule has 1 heterocycles. The summed E-state index contributed by atoms with van der Waals surface area (Å²) in [7, 11) is 1.70. The van der Waals surface area contributed by atoms with Crippen LogP contribution in [0.1, 0.15) is 19.7 Å². The number of benzene rings is 1. The third-order valence-electron chi connectivity index (χ3n) is 2.75. The van der Waals surface area contributed by atoms with E-state index in [4.69, 9.17) is 4.74 Å². The number of ether oxygens (including phenoxy) is 1. The van der Waals surface area contributed by atoms with Gasteiger partial charge in [0.25, 0.3) is 5.82 Å². The minimum absolute atomic E-state index is 0.909. The van der Waals surface area contributed by atoms with Gasteiger partial charge in [-0.15, -0.1) is 0 Å². The predicted molar refractivity (Wildman–Crippen MR) is 60.1 cm³/mol. The Hall–Kier alpha value is -1.51. The van der Waals surface area contributed by atoms with Crippen molar-refractivity contribution in [2.24, 2.45) is 0 Å². The first-order chi connectivity index (χ1) is 7.30. The lowest BCUT2D eigenvalue weighted by molar-refractivity contribution is -0.675.